The van der Waals surface area contributed by atoms with Crippen molar-refractivity contribution in [1.82, 2.24) is 15.1 Å². The summed E-state index contributed by atoms with van der Waals surface area (Å²) in [6.45, 7) is 1.32. The summed E-state index contributed by atoms with van der Waals surface area (Å²) in [5.74, 6) is -1.07. The highest BCUT2D eigenvalue weighted by molar-refractivity contribution is 6.09. The molecule has 146 valence electrons. The molecule has 3 rings (SSSR count). The first-order valence-corrected chi connectivity index (χ1v) is 8.53. The second-order valence-corrected chi connectivity index (χ2v) is 6.72. The number of imide groups is 1. The van der Waals surface area contributed by atoms with Crippen molar-refractivity contribution in [3.63, 3.8) is 0 Å². The van der Waals surface area contributed by atoms with E-state index >= 15 is 0 Å². The van der Waals surface area contributed by atoms with Crippen LogP contribution in [0.1, 0.15) is 28.6 Å². The molecule has 3 N–H and O–H groups in total. The largest absolute Gasteiger partial charge is 0.467 e. The third kappa shape index (κ3) is 3.46. The molecule has 9 nitrogen and oxygen atoms in total. The highest BCUT2D eigenvalue weighted by atomic mass is 16.3. The van der Waals surface area contributed by atoms with Gasteiger partial charge in [0.15, 0.2) is 0 Å². The number of amides is 5. The van der Waals surface area contributed by atoms with Crippen LogP contribution in [0, 0.1) is 0 Å². The zero-order valence-corrected chi connectivity index (χ0v) is 15.5. The van der Waals surface area contributed by atoms with Gasteiger partial charge < -0.3 is 20.4 Å². The number of benzene rings is 1. The van der Waals surface area contributed by atoms with Crippen molar-refractivity contribution >= 4 is 23.8 Å². The fourth-order valence-corrected chi connectivity index (χ4v) is 3.00. The van der Waals surface area contributed by atoms with Crippen LogP contribution < -0.4 is 11.1 Å². The number of nitrogens with zero attached hydrogens (tertiary/aromatic N) is 2. The lowest BCUT2D eigenvalue weighted by atomic mass is 9.90. The van der Waals surface area contributed by atoms with E-state index < -0.39 is 35.8 Å². The van der Waals surface area contributed by atoms with Crippen LogP contribution in [0.4, 0.5) is 4.79 Å². The van der Waals surface area contributed by atoms with Crippen molar-refractivity contribution in [1.29, 1.82) is 0 Å². The number of likely N-dealkylation sites (N-methyl/N-ethyl adjacent to an activating group) is 1. The molecule has 0 bridgehead atoms. The molecular weight excluding hydrogens is 364 g/mol. The van der Waals surface area contributed by atoms with Gasteiger partial charge in [-0.2, -0.15) is 0 Å². The van der Waals surface area contributed by atoms with E-state index in [1.807, 2.05) is 0 Å². The number of hydrogen-bond donors (Lipinski definition) is 2. The average molecular weight is 384 g/mol. The Balaban J connectivity index is 1.76. The maximum Gasteiger partial charge on any atom is 0.325 e. The second-order valence-electron chi connectivity index (χ2n) is 6.72. The predicted molar refractivity (Wildman–Crippen MR) is 97.7 cm³/mol. The Kier molecular flexibility index (Phi) is 4.91. The molecule has 5 amide bonds. The molecule has 0 saturated carbocycles. The highest BCUT2D eigenvalue weighted by Gasteiger charge is 2.49. The minimum Gasteiger partial charge on any atom is -0.467 e. The SMILES string of the molecule is CN(Cc1ccco1)C(=O)CN1C(=O)NC(C)(c2cccc(C(N)=O)c2)C1=O. The molecule has 1 saturated heterocycles. The van der Waals surface area contributed by atoms with Crippen molar-refractivity contribution in [2.24, 2.45) is 5.73 Å². The number of carbonyl (C=O) groups excluding carboxylic acids is 4. The zero-order chi connectivity index (χ0) is 20.5. The van der Waals surface area contributed by atoms with Crippen LogP contribution in [-0.2, 0) is 21.7 Å². The van der Waals surface area contributed by atoms with Gasteiger partial charge in [0.2, 0.25) is 11.8 Å². The number of hydrogen-bond acceptors (Lipinski definition) is 5. The molecule has 9 heteroatoms. The molecule has 1 fully saturated rings. The molecule has 0 aliphatic carbocycles. The van der Waals surface area contributed by atoms with Crippen LogP contribution in [0.25, 0.3) is 0 Å². The smallest absolute Gasteiger partial charge is 0.325 e. The van der Waals surface area contributed by atoms with Gasteiger partial charge in [0.1, 0.15) is 17.8 Å². The summed E-state index contributed by atoms with van der Waals surface area (Å²) in [7, 11) is 1.55. The Morgan fingerprint density at radius 3 is 2.64 bits per heavy atom. The van der Waals surface area contributed by atoms with Crippen molar-refractivity contribution in [3.05, 3.63) is 59.5 Å². The number of furan rings is 1. The number of nitrogens with two attached hydrogens (primary N) is 1. The fraction of sp³-hybridized carbons (Fsp3) is 0.263. The number of nitrogens with one attached hydrogen (secondary N) is 1. The fourth-order valence-electron chi connectivity index (χ4n) is 3.00. The molecule has 1 unspecified atom stereocenters. The van der Waals surface area contributed by atoms with Crippen molar-refractivity contribution in [2.45, 2.75) is 19.0 Å². The Hall–Kier alpha value is -3.62. The summed E-state index contributed by atoms with van der Waals surface area (Å²) in [5.41, 5.74) is 4.51. The van der Waals surface area contributed by atoms with Crippen LogP contribution >= 0.6 is 0 Å². The third-order valence-corrected chi connectivity index (χ3v) is 4.69. The maximum absolute atomic E-state index is 12.9. The second kappa shape index (κ2) is 7.18. The van der Waals surface area contributed by atoms with Crippen LogP contribution in [0.5, 0.6) is 0 Å². The Morgan fingerprint density at radius 1 is 1.25 bits per heavy atom. The first kappa shape index (κ1) is 19.2. The lowest BCUT2D eigenvalue weighted by molar-refractivity contribution is -0.138. The molecule has 2 aromatic rings. The van der Waals surface area contributed by atoms with Crippen LogP contribution in [0.2, 0.25) is 0 Å². The summed E-state index contributed by atoms with van der Waals surface area (Å²) in [5, 5.41) is 2.60. The van der Waals surface area contributed by atoms with Gasteiger partial charge >= 0.3 is 6.03 Å². The molecule has 0 radical (unpaired) electrons. The number of primary amides is 1. The Labute approximate surface area is 161 Å². The summed E-state index contributed by atoms with van der Waals surface area (Å²) >= 11 is 0. The molecule has 1 aliphatic heterocycles. The van der Waals surface area contributed by atoms with E-state index in [-0.39, 0.29) is 12.1 Å². The standard InChI is InChI=1S/C19H20N4O5/c1-19(13-6-3-5-12(9-13)16(20)25)17(26)23(18(27)21-19)11-15(24)22(2)10-14-7-4-8-28-14/h3-9H,10-11H2,1-2H3,(H2,20,25)(H,21,27). The summed E-state index contributed by atoms with van der Waals surface area (Å²) in [6, 6.07) is 8.90. The summed E-state index contributed by atoms with van der Waals surface area (Å²) in [4.78, 5) is 51.4. The average Bonchev–Trinajstić information content (AvgIpc) is 3.24. The van der Waals surface area contributed by atoms with Gasteiger partial charge in [0.05, 0.1) is 12.8 Å². The topological polar surface area (TPSA) is 126 Å². The minimum absolute atomic E-state index is 0.216. The Bertz CT molecular complexity index is 940. The molecule has 28 heavy (non-hydrogen) atoms. The van der Waals surface area contributed by atoms with Crippen molar-refractivity contribution in [3.8, 4) is 0 Å². The van der Waals surface area contributed by atoms with Gasteiger partial charge in [-0.1, -0.05) is 12.1 Å². The van der Waals surface area contributed by atoms with E-state index in [1.165, 1.54) is 30.2 Å². The monoisotopic (exact) mass is 384 g/mol. The summed E-state index contributed by atoms with van der Waals surface area (Å²) < 4.78 is 5.20. The van der Waals surface area contributed by atoms with Crippen LogP contribution in [0.3, 0.4) is 0 Å². The molecular formula is C19H20N4O5. The molecule has 2 heterocycles. The molecule has 1 aromatic heterocycles. The normalized spacial score (nSPS) is 18.9. The number of urea groups is 1. The van der Waals surface area contributed by atoms with E-state index in [9.17, 15) is 19.2 Å². The number of rotatable bonds is 6. The van der Waals surface area contributed by atoms with E-state index in [4.69, 9.17) is 10.2 Å². The number of carbonyl (C=O) groups is 4. The van der Waals surface area contributed by atoms with E-state index in [2.05, 4.69) is 5.32 Å². The van der Waals surface area contributed by atoms with Crippen molar-refractivity contribution in [2.75, 3.05) is 13.6 Å². The van der Waals surface area contributed by atoms with E-state index in [0.29, 0.717) is 11.3 Å². The Morgan fingerprint density at radius 2 is 2.00 bits per heavy atom. The summed E-state index contributed by atoms with van der Waals surface area (Å²) in [6.07, 6.45) is 1.50. The first-order valence-electron chi connectivity index (χ1n) is 8.53. The molecule has 1 aromatic carbocycles. The first-order chi connectivity index (χ1) is 13.2. The van der Waals surface area contributed by atoms with E-state index in [0.717, 1.165) is 4.90 Å². The van der Waals surface area contributed by atoms with Gasteiger partial charge in [-0.15, -0.1) is 0 Å². The van der Waals surface area contributed by atoms with Gasteiger partial charge in [-0.05, 0) is 36.8 Å². The molecule has 1 aliphatic rings. The van der Waals surface area contributed by atoms with Gasteiger partial charge in [-0.3, -0.25) is 19.3 Å². The molecule has 0 spiro atoms. The van der Waals surface area contributed by atoms with Crippen molar-refractivity contribution < 1.29 is 23.6 Å². The van der Waals surface area contributed by atoms with Gasteiger partial charge in [0.25, 0.3) is 5.91 Å². The van der Waals surface area contributed by atoms with E-state index in [1.54, 1.807) is 31.3 Å². The maximum atomic E-state index is 12.9. The van der Waals surface area contributed by atoms with Crippen LogP contribution in [-0.4, -0.2) is 47.1 Å². The van der Waals surface area contributed by atoms with Gasteiger partial charge in [-0.25, -0.2) is 4.79 Å². The zero-order valence-electron chi connectivity index (χ0n) is 15.5. The lowest BCUT2D eigenvalue weighted by Crippen LogP contribution is -2.43. The predicted octanol–water partition coefficient (Wildman–Crippen LogP) is 0.804. The minimum atomic E-state index is -1.40. The van der Waals surface area contributed by atoms with Crippen LogP contribution in [0.15, 0.2) is 47.1 Å². The highest BCUT2D eigenvalue weighted by Crippen LogP contribution is 2.29. The quantitative estimate of drug-likeness (QED) is 0.713. The lowest BCUT2D eigenvalue weighted by Gasteiger charge is -2.23. The van der Waals surface area contributed by atoms with Gasteiger partial charge in [0, 0.05) is 12.6 Å². The molecule has 1 atom stereocenters. The third-order valence-electron chi connectivity index (χ3n) is 4.69.